The van der Waals surface area contributed by atoms with Crippen molar-refractivity contribution in [3.63, 3.8) is 0 Å². The van der Waals surface area contributed by atoms with Crippen molar-refractivity contribution in [2.75, 3.05) is 5.32 Å². The lowest BCUT2D eigenvalue weighted by atomic mass is 10.2. The Balaban J connectivity index is 1.82. The van der Waals surface area contributed by atoms with Crippen molar-refractivity contribution in [3.8, 4) is 10.6 Å². The highest BCUT2D eigenvalue weighted by molar-refractivity contribution is 7.17. The van der Waals surface area contributed by atoms with Gasteiger partial charge in [-0.15, -0.1) is 11.3 Å². The highest BCUT2D eigenvalue weighted by atomic mass is 35.5. The number of nitrogens with two attached hydrogens (primary N) is 1. The van der Waals surface area contributed by atoms with Crippen LogP contribution in [0.2, 0.25) is 5.02 Å². The van der Waals surface area contributed by atoms with Gasteiger partial charge in [0.2, 0.25) is 5.91 Å². The second-order valence-corrected chi connectivity index (χ2v) is 6.78. The van der Waals surface area contributed by atoms with Crippen molar-refractivity contribution < 1.29 is 9.59 Å². The lowest BCUT2D eigenvalue weighted by Crippen LogP contribution is -2.13. The van der Waals surface area contributed by atoms with Gasteiger partial charge >= 0.3 is 0 Å². The summed E-state index contributed by atoms with van der Waals surface area (Å²) in [5.74, 6) is -0.766. The molecule has 0 fully saturated rings. The summed E-state index contributed by atoms with van der Waals surface area (Å²) >= 11 is 7.31. The van der Waals surface area contributed by atoms with Gasteiger partial charge in [0.25, 0.3) is 5.91 Å². The molecule has 1 heterocycles. The molecule has 3 rings (SSSR count). The Kier molecular flexibility index (Phi) is 4.83. The van der Waals surface area contributed by atoms with Gasteiger partial charge in [-0.3, -0.25) is 9.59 Å². The average molecular weight is 372 g/mol. The standard InChI is InChI=1S/C18H14ClN3O2S/c1-10-15(25-18(21-10)12-3-2-4-13(19)9-12)17(24)22-14-7-5-11(6-8-14)16(20)23/h2-9H,1H3,(H2,20,23)(H,22,24). The summed E-state index contributed by atoms with van der Waals surface area (Å²) in [4.78, 5) is 28.6. The minimum atomic E-state index is -0.512. The molecule has 2 amide bonds. The molecule has 126 valence electrons. The molecule has 0 aliphatic heterocycles. The zero-order chi connectivity index (χ0) is 18.0. The van der Waals surface area contributed by atoms with Gasteiger partial charge in [0.1, 0.15) is 9.88 Å². The summed E-state index contributed by atoms with van der Waals surface area (Å²) in [5.41, 5.74) is 7.67. The van der Waals surface area contributed by atoms with Gasteiger partial charge in [0.15, 0.2) is 0 Å². The van der Waals surface area contributed by atoms with Crippen LogP contribution in [0.1, 0.15) is 25.7 Å². The third-order valence-corrected chi connectivity index (χ3v) is 4.94. The molecule has 3 N–H and O–H groups in total. The number of carbonyl (C=O) groups is 2. The van der Waals surface area contributed by atoms with Crippen LogP contribution < -0.4 is 11.1 Å². The van der Waals surface area contributed by atoms with Crippen LogP contribution in [0.4, 0.5) is 5.69 Å². The molecule has 0 radical (unpaired) electrons. The number of hydrogen-bond donors (Lipinski definition) is 2. The Morgan fingerprint density at radius 2 is 1.88 bits per heavy atom. The Morgan fingerprint density at radius 3 is 2.52 bits per heavy atom. The molecule has 0 saturated carbocycles. The molecule has 0 bridgehead atoms. The summed E-state index contributed by atoms with van der Waals surface area (Å²) < 4.78 is 0. The molecule has 0 aliphatic rings. The molecule has 3 aromatic rings. The molecule has 0 saturated heterocycles. The number of halogens is 1. The number of amides is 2. The maximum Gasteiger partial charge on any atom is 0.267 e. The van der Waals surface area contributed by atoms with E-state index in [4.69, 9.17) is 17.3 Å². The van der Waals surface area contributed by atoms with Crippen molar-refractivity contribution in [2.24, 2.45) is 5.73 Å². The van der Waals surface area contributed by atoms with Gasteiger partial charge in [-0.25, -0.2) is 4.98 Å². The molecular weight excluding hydrogens is 358 g/mol. The van der Waals surface area contributed by atoms with Crippen molar-refractivity contribution >= 4 is 40.4 Å². The number of nitrogens with zero attached hydrogens (tertiary/aromatic N) is 1. The topological polar surface area (TPSA) is 85.1 Å². The predicted octanol–water partition coefficient (Wildman–Crippen LogP) is 4.12. The lowest BCUT2D eigenvalue weighted by Gasteiger charge is -2.04. The first-order valence-corrected chi connectivity index (χ1v) is 8.58. The molecular formula is C18H14ClN3O2S. The van der Waals surface area contributed by atoms with E-state index in [1.807, 2.05) is 18.2 Å². The zero-order valence-corrected chi connectivity index (χ0v) is 14.8. The number of anilines is 1. The average Bonchev–Trinajstić information content (AvgIpc) is 2.97. The van der Waals surface area contributed by atoms with Gasteiger partial charge in [-0.1, -0.05) is 23.7 Å². The molecule has 2 aromatic carbocycles. The molecule has 5 nitrogen and oxygen atoms in total. The van der Waals surface area contributed by atoms with E-state index in [9.17, 15) is 9.59 Å². The maximum atomic E-state index is 12.5. The largest absolute Gasteiger partial charge is 0.366 e. The monoisotopic (exact) mass is 371 g/mol. The fraction of sp³-hybridized carbons (Fsp3) is 0.0556. The number of rotatable bonds is 4. The maximum absolute atomic E-state index is 12.5. The fourth-order valence-corrected chi connectivity index (χ4v) is 3.41. The third-order valence-electron chi connectivity index (χ3n) is 3.50. The van der Waals surface area contributed by atoms with Gasteiger partial charge in [0, 0.05) is 21.8 Å². The molecule has 1 aromatic heterocycles. The van der Waals surface area contributed by atoms with E-state index in [1.165, 1.54) is 11.3 Å². The second kappa shape index (κ2) is 7.04. The van der Waals surface area contributed by atoms with Crippen LogP contribution in [0.15, 0.2) is 48.5 Å². The Labute approximate surface area is 153 Å². The summed E-state index contributed by atoms with van der Waals surface area (Å²) in [6.45, 7) is 1.79. The normalized spacial score (nSPS) is 10.5. The van der Waals surface area contributed by atoms with Crippen molar-refractivity contribution in [3.05, 3.63) is 69.7 Å². The molecule has 25 heavy (non-hydrogen) atoms. The summed E-state index contributed by atoms with van der Waals surface area (Å²) in [7, 11) is 0. The number of aromatic nitrogens is 1. The Hall–Kier alpha value is -2.70. The quantitative estimate of drug-likeness (QED) is 0.723. The summed E-state index contributed by atoms with van der Waals surface area (Å²) in [6, 6.07) is 13.7. The van der Waals surface area contributed by atoms with Gasteiger partial charge in [0.05, 0.1) is 5.69 Å². The first-order valence-electron chi connectivity index (χ1n) is 7.38. The van der Waals surface area contributed by atoms with E-state index in [1.54, 1.807) is 37.3 Å². The number of carbonyl (C=O) groups excluding carboxylic acids is 2. The van der Waals surface area contributed by atoms with E-state index in [2.05, 4.69) is 10.3 Å². The molecule has 0 aliphatic carbocycles. The van der Waals surface area contributed by atoms with Gasteiger partial charge in [-0.05, 0) is 43.3 Å². The number of hydrogen-bond acceptors (Lipinski definition) is 4. The van der Waals surface area contributed by atoms with E-state index in [-0.39, 0.29) is 5.91 Å². The van der Waals surface area contributed by atoms with E-state index >= 15 is 0 Å². The minimum Gasteiger partial charge on any atom is -0.366 e. The first-order chi connectivity index (χ1) is 11.9. The lowest BCUT2D eigenvalue weighted by molar-refractivity contribution is 0.0998. The molecule has 0 unspecified atom stereocenters. The number of thiazole rings is 1. The Morgan fingerprint density at radius 1 is 1.16 bits per heavy atom. The van der Waals surface area contributed by atoms with Crippen LogP contribution in [-0.2, 0) is 0 Å². The number of nitrogens with one attached hydrogen (secondary N) is 1. The second-order valence-electron chi connectivity index (χ2n) is 5.34. The zero-order valence-electron chi connectivity index (χ0n) is 13.2. The van der Waals surface area contributed by atoms with Crippen molar-refractivity contribution in [2.45, 2.75) is 6.92 Å². The first kappa shape index (κ1) is 17.1. The van der Waals surface area contributed by atoms with Crippen LogP contribution in [0.5, 0.6) is 0 Å². The highest BCUT2D eigenvalue weighted by Gasteiger charge is 2.16. The SMILES string of the molecule is Cc1nc(-c2cccc(Cl)c2)sc1C(=O)Nc1ccc(C(N)=O)cc1. The van der Waals surface area contributed by atoms with Crippen molar-refractivity contribution in [1.82, 2.24) is 4.98 Å². The van der Waals surface area contributed by atoms with Gasteiger partial charge < -0.3 is 11.1 Å². The smallest absolute Gasteiger partial charge is 0.267 e. The van der Waals surface area contributed by atoms with E-state index in [0.717, 1.165) is 10.6 Å². The molecule has 0 spiro atoms. The van der Waals surface area contributed by atoms with E-state index < -0.39 is 5.91 Å². The summed E-state index contributed by atoms with van der Waals surface area (Å²) in [6.07, 6.45) is 0. The van der Waals surface area contributed by atoms with Crippen LogP contribution in [0.25, 0.3) is 10.6 Å². The third kappa shape index (κ3) is 3.87. The number of benzene rings is 2. The minimum absolute atomic E-state index is 0.255. The predicted molar refractivity (Wildman–Crippen MR) is 100 cm³/mol. The van der Waals surface area contributed by atoms with Crippen LogP contribution in [0, 0.1) is 6.92 Å². The van der Waals surface area contributed by atoms with Crippen LogP contribution in [0.3, 0.4) is 0 Å². The van der Waals surface area contributed by atoms with Crippen molar-refractivity contribution in [1.29, 1.82) is 0 Å². The van der Waals surface area contributed by atoms with E-state index in [0.29, 0.717) is 26.8 Å². The summed E-state index contributed by atoms with van der Waals surface area (Å²) in [5, 5.41) is 4.14. The van der Waals surface area contributed by atoms with Gasteiger partial charge in [-0.2, -0.15) is 0 Å². The number of primary amides is 1. The highest BCUT2D eigenvalue weighted by Crippen LogP contribution is 2.30. The van der Waals surface area contributed by atoms with Crippen LogP contribution in [-0.4, -0.2) is 16.8 Å². The molecule has 7 heteroatoms. The van der Waals surface area contributed by atoms with Crippen LogP contribution >= 0.6 is 22.9 Å². The Bertz CT molecular complexity index is 951. The molecule has 0 atom stereocenters. The fourth-order valence-electron chi connectivity index (χ4n) is 2.26. The number of aryl methyl sites for hydroxylation is 1.